The van der Waals surface area contributed by atoms with Gasteiger partial charge in [0.05, 0.1) is 17.5 Å². The fourth-order valence-electron chi connectivity index (χ4n) is 2.84. The number of fused-ring (bicyclic) bond motifs is 1. The van der Waals surface area contributed by atoms with E-state index in [2.05, 4.69) is 10.2 Å². The molecule has 0 saturated heterocycles. The van der Waals surface area contributed by atoms with Crippen LogP contribution >= 0.6 is 11.8 Å². The summed E-state index contributed by atoms with van der Waals surface area (Å²) in [4.78, 5) is 38.9. The lowest BCUT2D eigenvalue weighted by Gasteiger charge is -2.17. The SMILES string of the molecule is CSc1ccc(CN(C)C(=O)COC(=O)Cc2n[nH]c(=O)c3ccccc23)cc1. The number of nitrogens with one attached hydrogen (secondary N) is 1. The number of aromatic nitrogens is 2. The number of aromatic amines is 1. The fraction of sp³-hybridized carbons (Fsp3) is 0.238. The first-order valence-electron chi connectivity index (χ1n) is 8.96. The van der Waals surface area contributed by atoms with E-state index in [9.17, 15) is 14.4 Å². The molecule has 0 radical (unpaired) electrons. The Kier molecular flexibility index (Phi) is 6.66. The lowest BCUT2D eigenvalue weighted by Crippen LogP contribution is -2.31. The lowest BCUT2D eigenvalue weighted by atomic mass is 10.1. The second-order valence-corrected chi connectivity index (χ2v) is 7.36. The first-order valence-corrected chi connectivity index (χ1v) is 10.2. The number of carbonyl (C=O) groups excluding carboxylic acids is 2. The molecule has 0 atom stereocenters. The molecule has 0 aliphatic rings. The summed E-state index contributed by atoms with van der Waals surface area (Å²) < 4.78 is 5.12. The molecule has 1 N–H and O–H groups in total. The van der Waals surface area contributed by atoms with Crippen molar-refractivity contribution in [1.29, 1.82) is 0 Å². The molecule has 0 bridgehead atoms. The zero-order valence-electron chi connectivity index (χ0n) is 16.2. The minimum absolute atomic E-state index is 0.134. The second kappa shape index (κ2) is 9.38. The van der Waals surface area contributed by atoms with E-state index in [0.717, 1.165) is 10.5 Å². The molecule has 0 saturated carbocycles. The van der Waals surface area contributed by atoms with E-state index in [-0.39, 0.29) is 24.5 Å². The topological polar surface area (TPSA) is 92.4 Å². The van der Waals surface area contributed by atoms with Crippen LogP contribution in [0.3, 0.4) is 0 Å². The fourth-order valence-corrected chi connectivity index (χ4v) is 3.25. The third-order valence-electron chi connectivity index (χ3n) is 4.45. The van der Waals surface area contributed by atoms with Crippen LogP contribution in [0.4, 0.5) is 0 Å². The maximum absolute atomic E-state index is 12.3. The van der Waals surface area contributed by atoms with Crippen molar-refractivity contribution in [3.63, 3.8) is 0 Å². The number of hydrogen-bond acceptors (Lipinski definition) is 6. The predicted octanol–water partition coefficient (Wildman–Crippen LogP) is 2.39. The van der Waals surface area contributed by atoms with Crippen molar-refractivity contribution in [3.8, 4) is 0 Å². The zero-order valence-corrected chi connectivity index (χ0v) is 17.0. The van der Waals surface area contributed by atoms with Gasteiger partial charge in [0.25, 0.3) is 11.5 Å². The van der Waals surface area contributed by atoms with Gasteiger partial charge in [0.1, 0.15) is 0 Å². The molecule has 8 heteroatoms. The highest BCUT2D eigenvalue weighted by atomic mass is 32.2. The van der Waals surface area contributed by atoms with Crippen molar-refractivity contribution in [3.05, 3.63) is 70.1 Å². The molecule has 7 nitrogen and oxygen atoms in total. The summed E-state index contributed by atoms with van der Waals surface area (Å²) in [5.41, 5.74) is 1.08. The Morgan fingerprint density at radius 2 is 1.79 bits per heavy atom. The van der Waals surface area contributed by atoms with Gasteiger partial charge < -0.3 is 9.64 Å². The van der Waals surface area contributed by atoms with Crippen LogP contribution in [-0.2, 0) is 27.3 Å². The van der Waals surface area contributed by atoms with Crippen molar-refractivity contribution >= 4 is 34.4 Å². The molecular weight excluding hydrogens is 390 g/mol. The second-order valence-electron chi connectivity index (χ2n) is 6.48. The summed E-state index contributed by atoms with van der Waals surface area (Å²) in [6, 6.07) is 14.8. The third-order valence-corrected chi connectivity index (χ3v) is 5.19. The highest BCUT2D eigenvalue weighted by molar-refractivity contribution is 7.98. The summed E-state index contributed by atoms with van der Waals surface area (Å²) in [6.45, 7) is 0.0800. The van der Waals surface area contributed by atoms with Crippen LogP contribution in [0.2, 0.25) is 0 Å². The van der Waals surface area contributed by atoms with Crippen molar-refractivity contribution in [2.24, 2.45) is 0 Å². The molecule has 3 aromatic rings. The van der Waals surface area contributed by atoms with E-state index < -0.39 is 5.97 Å². The number of hydrogen-bond donors (Lipinski definition) is 1. The van der Waals surface area contributed by atoms with Gasteiger partial charge in [-0.15, -0.1) is 11.8 Å². The van der Waals surface area contributed by atoms with Gasteiger partial charge in [-0.05, 0) is 30.0 Å². The molecule has 2 aromatic carbocycles. The average molecular weight is 411 g/mol. The van der Waals surface area contributed by atoms with Crippen molar-refractivity contribution in [1.82, 2.24) is 15.1 Å². The Bertz CT molecular complexity index is 1080. The molecular formula is C21H21N3O4S. The number of amides is 1. The van der Waals surface area contributed by atoms with E-state index in [4.69, 9.17) is 4.74 Å². The Morgan fingerprint density at radius 1 is 1.10 bits per heavy atom. The van der Waals surface area contributed by atoms with E-state index in [0.29, 0.717) is 23.0 Å². The van der Waals surface area contributed by atoms with Crippen molar-refractivity contribution in [2.75, 3.05) is 19.9 Å². The maximum Gasteiger partial charge on any atom is 0.312 e. The third kappa shape index (κ3) is 5.23. The summed E-state index contributed by atoms with van der Waals surface area (Å²) >= 11 is 1.65. The number of esters is 1. The van der Waals surface area contributed by atoms with Crippen LogP contribution in [0.25, 0.3) is 10.8 Å². The number of ether oxygens (including phenoxy) is 1. The molecule has 29 heavy (non-hydrogen) atoms. The zero-order chi connectivity index (χ0) is 20.8. The molecule has 1 heterocycles. The maximum atomic E-state index is 12.3. The normalized spacial score (nSPS) is 10.7. The molecule has 1 amide bonds. The van der Waals surface area contributed by atoms with Gasteiger partial charge in [-0.25, -0.2) is 5.10 Å². The Labute approximate surface area is 172 Å². The number of rotatable bonds is 7. The van der Waals surface area contributed by atoms with Crippen LogP contribution < -0.4 is 5.56 Å². The van der Waals surface area contributed by atoms with E-state index in [1.165, 1.54) is 4.90 Å². The van der Waals surface area contributed by atoms with Crippen molar-refractivity contribution < 1.29 is 14.3 Å². The Balaban J connectivity index is 1.55. The van der Waals surface area contributed by atoms with E-state index in [1.807, 2.05) is 30.5 Å². The van der Waals surface area contributed by atoms with Gasteiger partial charge in [0.15, 0.2) is 6.61 Å². The monoisotopic (exact) mass is 411 g/mol. The predicted molar refractivity (Wildman–Crippen MR) is 112 cm³/mol. The minimum atomic E-state index is -0.583. The highest BCUT2D eigenvalue weighted by Gasteiger charge is 2.15. The summed E-state index contributed by atoms with van der Waals surface area (Å²) in [5, 5.41) is 7.36. The molecule has 0 aliphatic carbocycles. The van der Waals surface area contributed by atoms with Gasteiger partial charge in [-0.1, -0.05) is 30.3 Å². The number of benzene rings is 2. The summed E-state index contributed by atoms with van der Waals surface area (Å²) in [7, 11) is 1.66. The van der Waals surface area contributed by atoms with Crippen LogP contribution in [-0.4, -0.2) is 46.9 Å². The van der Waals surface area contributed by atoms with Gasteiger partial charge in [-0.2, -0.15) is 5.10 Å². The Hall–Kier alpha value is -3.13. The number of nitrogens with zero attached hydrogens (tertiary/aromatic N) is 2. The van der Waals surface area contributed by atoms with E-state index >= 15 is 0 Å². The van der Waals surface area contributed by atoms with Crippen LogP contribution in [0.15, 0.2) is 58.2 Å². The molecule has 0 fully saturated rings. The first-order chi connectivity index (χ1) is 14.0. The van der Waals surface area contributed by atoms with Crippen LogP contribution in [0.1, 0.15) is 11.3 Å². The van der Waals surface area contributed by atoms with E-state index in [1.54, 1.807) is 43.1 Å². The van der Waals surface area contributed by atoms with Crippen LogP contribution in [0.5, 0.6) is 0 Å². The first kappa shape index (κ1) is 20.6. The minimum Gasteiger partial charge on any atom is -0.455 e. The highest BCUT2D eigenvalue weighted by Crippen LogP contribution is 2.16. The van der Waals surface area contributed by atoms with Gasteiger partial charge in [0, 0.05) is 23.9 Å². The molecule has 150 valence electrons. The van der Waals surface area contributed by atoms with Gasteiger partial charge in [-0.3, -0.25) is 14.4 Å². The number of carbonyl (C=O) groups is 2. The molecule has 3 rings (SSSR count). The number of likely N-dealkylation sites (N-methyl/N-ethyl adjacent to an activating group) is 1. The lowest BCUT2D eigenvalue weighted by molar-refractivity contribution is -0.151. The number of thioether (sulfide) groups is 1. The largest absolute Gasteiger partial charge is 0.455 e. The molecule has 0 unspecified atom stereocenters. The van der Waals surface area contributed by atoms with Gasteiger partial charge in [0.2, 0.25) is 0 Å². The average Bonchev–Trinajstić information content (AvgIpc) is 2.74. The molecule has 0 spiro atoms. The Morgan fingerprint density at radius 3 is 2.48 bits per heavy atom. The van der Waals surface area contributed by atoms with Gasteiger partial charge >= 0.3 is 5.97 Å². The standard InChI is InChI=1S/C21H21N3O4S/c1-24(12-14-7-9-15(29-2)10-8-14)19(25)13-28-20(26)11-18-16-5-3-4-6-17(16)21(27)23-22-18/h3-10H,11-13H2,1-2H3,(H,23,27). The quantitative estimate of drug-likeness (QED) is 0.474. The van der Waals surface area contributed by atoms with Crippen LogP contribution in [0, 0.1) is 0 Å². The number of H-pyrrole nitrogens is 1. The smallest absolute Gasteiger partial charge is 0.312 e. The molecule has 1 aromatic heterocycles. The van der Waals surface area contributed by atoms with Crippen molar-refractivity contribution in [2.45, 2.75) is 17.9 Å². The summed E-state index contributed by atoms with van der Waals surface area (Å²) in [6.07, 6.45) is 1.87. The molecule has 0 aliphatic heterocycles. The summed E-state index contributed by atoms with van der Waals surface area (Å²) in [5.74, 6) is -0.882.